The highest BCUT2D eigenvalue weighted by Crippen LogP contribution is 2.25. The molecule has 0 saturated carbocycles. The van der Waals surface area contributed by atoms with Crippen molar-refractivity contribution in [1.29, 1.82) is 0 Å². The molecule has 0 aromatic heterocycles. The molecule has 4 heteroatoms. The maximum atomic E-state index is 11.2. The van der Waals surface area contributed by atoms with Gasteiger partial charge in [0.1, 0.15) is 0 Å². The van der Waals surface area contributed by atoms with Gasteiger partial charge in [-0.2, -0.15) is 0 Å². The first-order chi connectivity index (χ1) is 13.0. The molecule has 0 spiro atoms. The van der Waals surface area contributed by atoms with Crippen molar-refractivity contribution in [1.82, 2.24) is 4.90 Å². The van der Waals surface area contributed by atoms with Crippen LogP contribution in [0.5, 0.6) is 0 Å². The maximum absolute atomic E-state index is 11.2. The quantitative estimate of drug-likeness (QED) is 0.786. The Balaban J connectivity index is 1.55. The molecule has 1 aliphatic heterocycles. The molecule has 0 bridgehead atoms. The summed E-state index contributed by atoms with van der Waals surface area (Å²) in [7, 11) is 2.06. The first-order valence-corrected chi connectivity index (χ1v) is 9.66. The normalized spacial score (nSPS) is 20.2. The van der Waals surface area contributed by atoms with E-state index in [2.05, 4.69) is 52.9 Å². The van der Waals surface area contributed by atoms with E-state index in [9.17, 15) is 5.11 Å². The molecule has 4 nitrogen and oxygen atoms in total. The monoisotopic (exact) mass is 363 g/mol. The number of likely N-dealkylation sites (N-methyl/N-ethyl adjacent to an activating group) is 1. The molecule has 0 radical (unpaired) electrons. The topological polar surface area (TPSA) is 31.1 Å². The van der Waals surface area contributed by atoms with Crippen molar-refractivity contribution in [3.05, 3.63) is 71.1 Å². The second-order valence-corrected chi connectivity index (χ2v) is 7.82. The summed E-state index contributed by atoms with van der Waals surface area (Å²) in [6, 6.07) is 16.3. The van der Waals surface area contributed by atoms with Gasteiger partial charge in [0.05, 0.1) is 12.2 Å². The fourth-order valence-corrected chi connectivity index (χ4v) is 3.88. The molecule has 0 aliphatic carbocycles. The van der Waals surface area contributed by atoms with Crippen LogP contribution >= 0.6 is 0 Å². The van der Waals surface area contributed by atoms with Crippen LogP contribution < -0.4 is 4.90 Å². The van der Waals surface area contributed by atoms with Crippen molar-refractivity contribution in [2.24, 2.45) is 0 Å². The summed E-state index contributed by atoms with van der Waals surface area (Å²) in [5, 5.41) is 11.2. The molecule has 1 heterocycles. The number of benzene rings is 2. The molecule has 1 unspecified atom stereocenters. The van der Waals surface area contributed by atoms with Crippen molar-refractivity contribution in [3.8, 4) is 0 Å². The van der Waals surface area contributed by atoms with E-state index in [1.165, 1.54) is 11.1 Å². The maximum Gasteiger partial charge on any atom is 0.187 e. The summed E-state index contributed by atoms with van der Waals surface area (Å²) in [6.45, 7) is 12.5. The van der Waals surface area contributed by atoms with E-state index in [1.807, 2.05) is 24.3 Å². The van der Waals surface area contributed by atoms with Crippen molar-refractivity contribution in [2.75, 3.05) is 38.1 Å². The van der Waals surface area contributed by atoms with E-state index in [0.29, 0.717) is 18.8 Å². The van der Waals surface area contributed by atoms with Crippen molar-refractivity contribution >= 4 is 11.4 Å². The van der Waals surface area contributed by atoms with Crippen LogP contribution in [0.2, 0.25) is 0 Å². The molecular formula is C23H29N3O. The van der Waals surface area contributed by atoms with Crippen LogP contribution in [-0.4, -0.2) is 48.8 Å². The molecule has 1 fully saturated rings. The van der Waals surface area contributed by atoms with Gasteiger partial charge in [-0.25, -0.2) is 4.85 Å². The molecule has 1 aliphatic rings. The lowest BCUT2D eigenvalue weighted by Gasteiger charge is -2.41. The molecule has 27 heavy (non-hydrogen) atoms. The van der Waals surface area contributed by atoms with Crippen LogP contribution in [-0.2, 0) is 6.42 Å². The highest BCUT2D eigenvalue weighted by Gasteiger charge is 2.34. The van der Waals surface area contributed by atoms with Crippen LogP contribution in [0.1, 0.15) is 24.0 Å². The van der Waals surface area contributed by atoms with Gasteiger partial charge >= 0.3 is 0 Å². The number of β-amino-alcohol motifs (C(OH)–C–C–N with tert-alkyl or cyclic N) is 1. The third-order valence-corrected chi connectivity index (χ3v) is 5.42. The average molecular weight is 364 g/mol. The van der Waals surface area contributed by atoms with E-state index in [-0.39, 0.29) is 0 Å². The molecule has 2 aromatic carbocycles. The zero-order valence-corrected chi connectivity index (χ0v) is 16.4. The lowest BCUT2D eigenvalue weighted by Crippen LogP contribution is -2.54. The number of aliphatic hydroxyl groups is 1. The third kappa shape index (κ3) is 5.32. The largest absolute Gasteiger partial charge is 0.387 e. The number of rotatable bonds is 6. The molecule has 142 valence electrons. The minimum Gasteiger partial charge on any atom is -0.387 e. The van der Waals surface area contributed by atoms with Crippen molar-refractivity contribution < 1.29 is 5.11 Å². The zero-order chi connectivity index (χ0) is 19.3. The van der Waals surface area contributed by atoms with Crippen LogP contribution in [0.25, 0.3) is 4.85 Å². The summed E-state index contributed by atoms with van der Waals surface area (Å²) in [6.07, 6.45) is 2.82. The molecular weight excluding hydrogens is 334 g/mol. The van der Waals surface area contributed by atoms with Gasteiger partial charge in [0.15, 0.2) is 5.69 Å². The van der Waals surface area contributed by atoms with Gasteiger partial charge in [-0.3, -0.25) is 0 Å². The standard InChI is InChI=1S/C23H29N3O/c1-19-5-11-22(12-6-19)25(3)17-23(27)14-4-15-26(18-23)16-13-20-7-9-21(24-2)10-8-20/h5-12,27H,4,13-18H2,1,3H3. The summed E-state index contributed by atoms with van der Waals surface area (Å²) in [4.78, 5) is 7.97. The summed E-state index contributed by atoms with van der Waals surface area (Å²) >= 11 is 0. The second-order valence-electron chi connectivity index (χ2n) is 7.82. The van der Waals surface area contributed by atoms with Crippen LogP contribution in [0, 0.1) is 13.5 Å². The highest BCUT2D eigenvalue weighted by molar-refractivity contribution is 5.47. The van der Waals surface area contributed by atoms with Gasteiger partial charge in [0.25, 0.3) is 0 Å². The number of hydrogen-bond donors (Lipinski definition) is 1. The molecule has 2 aromatic rings. The van der Waals surface area contributed by atoms with E-state index in [1.54, 1.807) is 0 Å². The summed E-state index contributed by atoms with van der Waals surface area (Å²) < 4.78 is 0. The van der Waals surface area contributed by atoms with Crippen molar-refractivity contribution in [3.63, 3.8) is 0 Å². The lowest BCUT2D eigenvalue weighted by atomic mass is 9.91. The number of aryl methyl sites for hydroxylation is 1. The lowest BCUT2D eigenvalue weighted by molar-refractivity contribution is -0.0234. The van der Waals surface area contributed by atoms with Gasteiger partial charge in [0, 0.05) is 32.4 Å². The Morgan fingerprint density at radius 3 is 2.52 bits per heavy atom. The molecule has 0 amide bonds. The van der Waals surface area contributed by atoms with Gasteiger partial charge < -0.3 is 14.9 Å². The van der Waals surface area contributed by atoms with E-state index in [0.717, 1.165) is 38.0 Å². The predicted octanol–water partition coefficient (Wildman–Crippen LogP) is 4.05. The van der Waals surface area contributed by atoms with E-state index < -0.39 is 5.60 Å². The van der Waals surface area contributed by atoms with Crippen LogP contribution in [0.15, 0.2) is 48.5 Å². The van der Waals surface area contributed by atoms with E-state index >= 15 is 0 Å². The summed E-state index contributed by atoms with van der Waals surface area (Å²) in [5.74, 6) is 0. The van der Waals surface area contributed by atoms with Crippen LogP contribution in [0.4, 0.5) is 11.4 Å². The van der Waals surface area contributed by atoms with Gasteiger partial charge in [0.2, 0.25) is 0 Å². The van der Waals surface area contributed by atoms with Gasteiger partial charge in [-0.05, 0) is 50.4 Å². The predicted molar refractivity (Wildman–Crippen MR) is 111 cm³/mol. The minimum atomic E-state index is -0.675. The van der Waals surface area contributed by atoms with E-state index in [4.69, 9.17) is 6.57 Å². The third-order valence-electron chi connectivity index (χ3n) is 5.42. The first kappa shape index (κ1) is 19.4. The van der Waals surface area contributed by atoms with Crippen molar-refractivity contribution in [2.45, 2.75) is 31.8 Å². The number of anilines is 1. The Morgan fingerprint density at radius 2 is 1.85 bits per heavy atom. The van der Waals surface area contributed by atoms with Gasteiger partial charge in [-0.15, -0.1) is 0 Å². The SMILES string of the molecule is [C-]#[N+]c1ccc(CCN2CCCC(O)(CN(C)c3ccc(C)cc3)C2)cc1. The summed E-state index contributed by atoms with van der Waals surface area (Å²) in [5.41, 5.74) is 3.65. The van der Waals surface area contributed by atoms with Gasteiger partial charge in [-0.1, -0.05) is 42.0 Å². The minimum absolute atomic E-state index is 0.645. The molecule has 1 N–H and O–H groups in total. The Kier molecular flexibility index (Phi) is 6.15. The number of hydrogen-bond acceptors (Lipinski definition) is 3. The fraction of sp³-hybridized carbons (Fsp3) is 0.435. The Morgan fingerprint density at radius 1 is 1.15 bits per heavy atom. The number of piperidine rings is 1. The number of likely N-dealkylation sites (tertiary alicyclic amines) is 1. The van der Waals surface area contributed by atoms with Crippen LogP contribution in [0.3, 0.4) is 0 Å². The average Bonchev–Trinajstić information content (AvgIpc) is 2.67. The number of nitrogens with zero attached hydrogens (tertiary/aromatic N) is 3. The smallest absolute Gasteiger partial charge is 0.187 e. The molecule has 1 saturated heterocycles. The Bertz CT molecular complexity index is 779. The molecule has 1 atom stereocenters. The fourth-order valence-electron chi connectivity index (χ4n) is 3.88. The second kappa shape index (κ2) is 8.56. The zero-order valence-electron chi connectivity index (χ0n) is 16.4. The first-order valence-electron chi connectivity index (χ1n) is 9.66. The highest BCUT2D eigenvalue weighted by atomic mass is 16.3. The Hall–Kier alpha value is -2.35. The molecule has 3 rings (SSSR count). The Labute approximate surface area is 162 Å².